The Kier molecular flexibility index (Phi) is 5.10. The van der Waals surface area contributed by atoms with Crippen LogP contribution in [0.3, 0.4) is 0 Å². The Balaban J connectivity index is 1.42. The van der Waals surface area contributed by atoms with Crippen molar-refractivity contribution in [3.63, 3.8) is 0 Å². The fourth-order valence-electron chi connectivity index (χ4n) is 4.05. The molecule has 2 aromatic carbocycles. The number of nitrogens with zero attached hydrogens (tertiary/aromatic N) is 3. The number of rotatable bonds is 5. The molecule has 0 bridgehead atoms. The highest BCUT2D eigenvalue weighted by molar-refractivity contribution is 7.17. The van der Waals surface area contributed by atoms with Gasteiger partial charge in [0.1, 0.15) is 16.5 Å². The Morgan fingerprint density at radius 3 is 2.69 bits per heavy atom. The van der Waals surface area contributed by atoms with Gasteiger partial charge in [-0.1, -0.05) is 30.3 Å². The average molecular weight is 447 g/mol. The molecule has 1 fully saturated rings. The fourth-order valence-corrected chi connectivity index (χ4v) is 5.01. The van der Waals surface area contributed by atoms with Crippen LogP contribution in [0.2, 0.25) is 0 Å². The first kappa shape index (κ1) is 19.5. The van der Waals surface area contributed by atoms with E-state index in [0.29, 0.717) is 6.54 Å². The zero-order valence-electron chi connectivity index (χ0n) is 17.4. The van der Waals surface area contributed by atoms with Crippen LogP contribution in [-0.2, 0) is 11.3 Å². The predicted molar refractivity (Wildman–Crippen MR) is 125 cm³/mol. The van der Waals surface area contributed by atoms with Gasteiger partial charge in [0.15, 0.2) is 11.5 Å². The van der Waals surface area contributed by atoms with E-state index in [0.717, 1.165) is 76.5 Å². The standard InChI is InChI=1S/C24H22N4O3S/c1-2-4-16(5-3-1)18-14-32-24-22(18)23(25-17-6-7-19-20(12-17)31-15-30-19)26-21(27-24)13-28-8-10-29-11-9-28/h1-7,12,14H,8-11,13,15H2,(H,25,26,27). The van der Waals surface area contributed by atoms with E-state index in [1.807, 2.05) is 24.3 Å². The summed E-state index contributed by atoms with van der Waals surface area (Å²) in [6, 6.07) is 16.2. The highest BCUT2D eigenvalue weighted by Crippen LogP contribution is 2.40. The van der Waals surface area contributed by atoms with Crippen molar-refractivity contribution in [1.82, 2.24) is 14.9 Å². The van der Waals surface area contributed by atoms with Crippen LogP contribution in [0.15, 0.2) is 53.9 Å². The molecule has 2 aromatic heterocycles. The maximum absolute atomic E-state index is 5.56. The van der Waals surface area contributed by atoms with Crippen LogP contribution in [0.1, 0.15) is 5.82 Å². The van der Waals surface area contributed by atoms with E-state index in [2.05, 4.69) is 39.9 Å². The molecule has 0 atom stereocenters. The number of thiophene rings is 1. The molecular formula is C24H22N4O3S. The van der Waals surface area contributed by atoms with Crippen molar-refractivity contribution in [2.45, 2.75) is 6.54 Å². The number of morpholine rings is 1. The van der Waals surface area contributed by atoms with Crippen molar-refractivity contribution in [3.8, 4) is 22.6 Å². The summed E-state index contributed by atoms with van der Waals surface area (Å²) in [4.78, 5) is 13.2. The first-order valence-electron chi connectivity index (χ1n) is 10.6. The van der Waals surface area contributed by atoms with E-state index < -0.39 is 0 Å². The van der Waals surface area contributed by atoms with Crippen LogP contribution >= 0.6 is 11.3 Å². The zero-order chi connectivity index (χ0) is 21.3. The molecule has 0 amide bonds. The van der Waals surface area contributed by atoms with E-state index in [9.17, 15) is 0 Å². The van der Waals surface area contributed by atoms with E-state index in [-0.39, 0.29) is 6.79 Å². The summed E-state index contributed by atoms with van der Waals surface area (Å²) in [5, 5.41) is 6.72. The molecule has 32 heavy (non-hydrogen) atoms. The van der Waals surface area contributed by atoms with Gasteiger partial charge in [-0.25, -0.2) is 9.97 Å². The number of anilines is 2. The van der Waals surface area contributed by atoms with Gasteiger partial charge in [-0.3, -0.25) is 4.90 Å². The normalized spacial score (nSPS) is 15.9. The van der Waals surface area contributed by atoms with Gasteiger partial charge in [0.05, 0.1) is 25.1 Å². The molecule has 7 nitrogen and oxygen atoms in total. The maximum atomic E-state index is 5.56. The number of hydrogen-bond donors (Lipinski definition) is 1. The number of aromatic nitrogens is 2. The first-order valence-corrected chi connectivity index (χ1v) is 11.5. The third kappa shape index (κ3) is 3.77. The maximum Gasteiger partial charge on any atom is 0.231 e. The molecule has 0 radical (unpaired) electrons. The topological polar surface area (TPSA) is 68.7 Å². The number of ether oxygens (including phenoxy) is 3. The first-order chi connectivity index (χ1) is 15.8. The Labute approximate surface area is 189 Å². The van der Waals surface area contributed by atoms with Crippen molar-refractivity contribution in [3.05, 3.63) is 59.7 Å². The monoisotopic (exact) mass is 446 g/mol. The molecule has 0 aliphatic carbocycles. The summed E-state index contributed by atoms with van der Waals surface area (Å²) in [6.07, 6.45) is 0. The molecule has 2 aliphatic heterocycles. The third-order valence-electron chi connectivity index (χ3n) is 5.67. The molecule has 2 aliphatic rings. The number of hydrogen-bond acceptors (Lipinski definition) is 8. The molecule has 0 spiro atoms. The van der Waals surface area contributed by atoms with Crippen molar-refractivity contribution in [1.29, 1.82) is 0 Å². The summed E-state index contributed by atoms with van der Waals surface area (Å²) >= 11 is 1.65. The summed E-state index contributed by atoms with van der Waals surface area (Å²) in [6.45, 7) is 4.25. The van der Waals surface area contributed by atoms with Crippen LogP contribution in [0.5, 0.6) is 11.5 Å². The van der Waals surface area contributed by atoms with Crippen molar-refractivity contribution >= 4 is 33.1 Å². The molecule has 4 aromatic rings. The quantitative estimate of drug-likeness (QED) is 0.478. The minimum atomic E-state index is 0.253. The molecule has 8 heteroatoms. The molecule has 0 unspecified atom stereocenters. The number of benzene rings is 2. The van der Waals surface area contributed by atoms with Gasteiger partial charge in [0.25, 0.3) is 0 Å². The second kappa shape index (κ2) is 8.38. The second-order valence-corrected chi connectivity index (χ2v) is 8.62. The van der Waals surface area contributed by atoms with Crippen LogP contribution < -0.4 is 14.8 Å². The Morgan fingerprint density at radius 2 is 1.81 bits per heavy atom. The van der Waals surface area contributed by atoms with Gasteiger partial charge in [-0.15, -0.1) is 11.3 Å². The molecule has 1 N–H and O–H groups in total. The predicted octanol–water partition coefficient (Wildman–Crippen LogP) is 4.66. The van der Waals surface area contributed by atoms with Crippen molar-refractivity contribution in [2.75, 3.05) is 38.4 Å². The Hall–Kier alpha value is -3.20. The smallest absolute Gasteiger partial charge is 0.231 e. The second-order valence-electron chi connectivity index (χ2n) is 7.77. The van der Waals surface area contributed by atoms with E-state index in [4.69, 9.17) is 24.2 Å². The molecule has 1 saturated heterocycles. The molecule has 4 heterocycles. The zero-order valence-corrected chi connectivity index (χ0v) is 18.2. The minimum Gasteiger partial charge on any atom is -0.454 e. The minimum absolute atomic E-state index is 0.253. The van der Waals surface area contributed by atoms with Crippen LogP contribution in [0.25, 0.3) is 21.3 Å². The molecular weight excluding hydrogens is 424 g/mol. The lowest BCUT2D eigenvalue weighted by Gasteiger charge is -2.25. The summed E-state index contributed by atoms with van der Waals surface area (Å²) in [5.41, 5.74) is 3.18. The fraction of sp³-hybridized carbons (Fsp3) is 0.250. The van der Waals surface area contributed by atoms with Crippen LogP contribution in [0.4, 0.5) is 11.5 Å². The third-order valence-corrected chi connectivity index (χ3v) is 6.54. The summed E-state index contributed by atoms with van der Waals surface area (Å²) in [5.74, 6) is 3.11. The lowest BCUT2D eigenvalue weighted by molar-refractivity contribution is 0.0331. The van der Waals surface area contributed by atoms with Gasteiger partial charge in [0, 0.05) is 35.8 Å². The summed E-state index contributed by atoms with van der Waals surface area (Å²) in [7, 11) is 0. The number of fused-ring (bicyclic) bond motifs is 2. The molecule has 162 valence electrons. The van der Waals surface area contributed by atoms with Crippen molar-refractivity contribution in [2.24, 2.45) is 0 Å². The van der Waals surface area contributed by atoms with Gasteiger partial charge in [0.2, 0.25) is 6.79 Å². The highest BCUT2D eigenvalue weighted by Gasteiger charge is 2.19. The van der Waals surface area contributed by atoms with E-state index in [1.165, 1.54) is 0 Å². The molecule has 0 saturated carbocycles. The Bertz CT molecular complexity index is 1260. The Morgan fingerprint density at radius 1 is 0.969 bits per heavy atom. The van der Waals surface area contributed by atoms with Gasteiger partial charge in [-0.2, -0.15) is 0 Å². The van der Waals surface area contributed by atoms with Gasteiger partial charge in [-0.05, 0) is 17.7 Å². The van der Waals surface area contributed by atoms with E-state index in [1.54, 1.807) is 11.3 Å². The highest BCUT2D eigenvalue weighted by atomic mass is 32.1. The lowest BCUT2D eigenvalue weighted by atomic mass is 10.1. The largest absolute Gasteiger partial charge is 0.454 e. The van der Waals surface area contributed by atoms with Crippen LogP contribution in [-0.4, -0.2) is 48.0 Å². The van der Waals surface area contributed by atoms with Crippen LogP contribution in [0, 0.1) is 0 Å². The molecule has 6 rings (SSSR count). The average Bonchev–Trinajstić information content (AvgIpc) is 3.47. The van der Waals surface area contributed by atoms with Crippen molar-refractivity contribution < 1.29 is 14.2 Å². The van der Waals surface area contributed by atoms with Gasteiger partial charge < -0.3 is 19.5 Å². The van der Waals surface area contributed by atoms with E-state index >= 15 is 0 Å². The lowest BCUT2D eigenvalue weighted by Crippen LogP contribution is -2.36. The van der Waals surface area contributed by atoms with Gasteiger partial charge >= 0.3 is 0 Å². The number of nitrogens with one attached hydrogen (secondary N) is 1. The summed E-state index contributed by atoms with van der Waals surface area (Å²) < 4.78 is 16.5. The SMILES string of the molecule is c1ccc(-c2csc3nc(CN4CCOCC4)nc(Nc4ccc5c(c4)OCO5)c23)cc1.